The zero-order chi connectivity index (χ0) is 27.1. The summed E-state index contributed by atoms with van der Waals surface area (Å²) in [6.07, 6.45) is -10.3. The zero-order valence-electron chi connectivity index (χ0n) is 15.9. The van der Waals surface area contributed by atoms with Crippen molar-refractivity contribution in [1.29, 1.82) is 0 Å². The van der Waals surface area contributed by atoms with Crippen LogP contribution in [0.2, 0.25) is 0 Å². The van der Waals surface area contributed by atoms with Gasteiger partial charge in [0.15, 0.2) is 0 Å². The number of halogens is 15. The second kappa shape index (κ2) is 9.09. The summed E-state index contributed by atoms with van der Waals surface area (Å²) in [5.74, 6) is -52.3. The maximum atomic E-state index is 13.8. The lowest BCUT2D eigenvalue weighted by atomic mass is 9.90. The first-order chi connectivity index (χ1) is 14.2. The molecule has 0 amide bonds. The third kappa shape index (κ3) is 4.94. The van der Waals surface area contributed by atoms with Crippen molar-refractivity contribution in [3.8, 4) is 0 Å². The van der Waals surface area contributed by atoms with Gasteiger partial charge in [0.2, 0.25) is 5.78 Å². The first-order valence-electron chi connectivity index (χ1n) is 8.00. The monoisotopic (exact) mass is 548 g/mol. The molecule has 0 unspecified atom stereocenters. The second-order valence-electron chi connectivity index (χ2n) is 5.97. The molecule has 33 heavy (non-hydrogen) atoms. The molecule has 0 radical (unpaired) electrons. The highest BCUT2D eigenvalue weighted by atomic mass is 31.2. The number of hydrogen-bond acceptors (Lipinski definition) is 4. The normalized spacial score (nSPS) is 15.7. The lowest BCUT2D eigenvalue weighted by molar-refractivity contribution is -0.449. The van der Waals surface area contributed by atoms with Crippen LogP contribution in [0.3, 0.4) is 0 Å². The molecule has 0 atom stereocenters. The Morgan fingerprint density at radius 3 is 1.21 bits per heavy atom. The summed E-state index contributed by atoms with van der Waals surface area (Å²) in [5, 5.41) is 0. The van der Waals surface area contributed by atoms with Crippen LogP contribution in [0, 0.1) is 0 Å². The van der Waals surface area contributed by atoms with Crippen LogP contribution in [0.4, 0.5) is 65.9 Å². The van der Waals surface area contributed by atoms with E-state index in [0.29, 0.717) is 0 Å². The number of ketones is 1. The van der Waals surface area contributed by atoms with Crippen LogP contribution >= 0.6 is 7.60 Å². The van der Waals surface area contributed by atoms with Gasteiger partial charge in [-0.2, -0.15) is 65.9 Å². The summed E-state index contributed by atoms with van der Waals surface area (Å²) in [6, 6.07) is 0. The summed E-state index contributed by atoms with van der Waals surface area (Å²) < 4.78 is 217. The number of carbonyl (C=O) groups excluding carboxylic acids is 1. The smallest absolute Gasteiger partial charge is 0.309 e. The van der Waals surface area contributed by atoms with E-state index in [2.05, 4.69) is 9.05 Å². The van der Waals surface area contributed by atoms with Gasteiger partial charge in [0.05, 0.1) is 13.2 Å². The van der Waals surface area contributed by atoms with Gasteiger partial charge in [-0.1, -0.05) is 0 Å². The molecule has 0 N–H and O–H groups in total. The topological polar surface area (TPSA) is 52.6 Å². The largest absolute Gasteiger partial charge is 0.460 e. The average Bonchev–Trinajstić information content (AvgIpc) is 2.59. The van der Waals surface area contributed by atoms with Crippen LogP contribution < -0.4 is 0 Å². The van der Waals surface area contributed by atoms with Crippen LogP contribution in [0.5, 0.6) is 0 Å². The molecule has 0 aliphatic rings. The number of hydrogen-bond donors (Lipinski definition) is 0. The minimum absolute atomic E-state index is 0.737. The first-order valence-corrected chi connectivity index (χ1v) is 9.73. The van der Waals surface area contributed by atoms with E-state index in [1.807, 2.05) is 0 Å². The van der Waals surface area contributed by atoms with E-state index in [-0.39, 0.29) is 0 Å². The predicted molar refractivity (Wildman–Crippen MR) is 76.5 cm³/mol. The quantitative estimate of drug-likeness (QED) is 0.216. The highest BCUT2D eigenvalue weighted by Gasteiger charge is 2.93. The molecule has 0 saturated heterocycles. The Hall–Kier alpha value is -1.23. The summed E-state index contributed by atoms with van der Waals surface area (Å²) in [6.45, 7) is 0.472. The number of Topliss-reactive ketones (excluding diaryl/α,β-unsaturated/α-hetero) is 1. The number of carbonyl (C=O) groups is 1. The van der Waals surface area contributed by atoms with Gasteiger partial charge in [-0.3, -0.25) is 9.36 Å². The van der Waals surface area contributed by atoms with Gasteiger partial charge in [-0.25, -0.2) is 0 Å². The number of rotatable bonds is 12. The molecule has 0 aliphatic carbocycles. The van der Waals surface area contributed by atoms with Crippen molar-refractivity contribution in [3.63, 3.8) is 0 Å². The van der Waals surface area contributed by atoms with E-state index in [1.165, 1.54) is 0 Å². The Balaban J connectivity index is 6.54. The van der Waals surface area contributed by atoms with Gasteiger partial charge in [-0.15, -0.1) is 0 Å². The molecule has 0 aliphatic heterocycles. The summed E-state index contributed by atoms with van der Waals surface area (Å²) in [5.41, 5.74) is 0. The Morgan fingerprint density at radius 1 is 0.606 bits per heavy atom. The van der Waals surface area contributed by atoms with Crippen molar-refractivity contribution < 1.29 is 84.3 Å². The lowest BCUT2D eigenvalue weighted by Crippen LogP contribution is -2.73. The van der Waals surface area contributed by atoms with E-state index < -0.39 is 74.5 Å². The fraction of sp³-hybridized carbons (Fsp3) is 0.923. The van der Waals surface area contributed by atoms with E-state index in [1.54, 1.807) is 0 Å². The van der Waals surface area contributed by atoms with Gasteiger partial charge in [0.1, 0.15) is 6.16 Å². The van der Waals surface area contributed by atoms with Crippen LogP contribution in [-0.2, 0) is 18.4 Å². The van der Waals surface area contributed by atoms with Crippen molar-refractivity contribution in [3.05, 3.63) is 0 Å². The van der Waals surface area contributed by atoms with Crippen LogP contribution in [0.15, 0.2) is 0 Å². The molecule has 0 rings (SSSR count). The minimum atomic E-state index is -8.52. The van der Waals surface area contributed by atoms with Gasteiger partial charge >= 0.3 is 49.3 Å². The predicted octanol–water partition coefficient (Wildman–Crippen LogP) is 6.20. The molecule has 0 heterocycles. The SMILES string of the molecule is CCOP(=O)(CC(=O)C(F)(F)C(F)(F)C(F)(F)C(F)(F)C(F)(F)C(F)(F)C(F)(F)F)OCC. The first kappa shape index (κ1) is 31.8. The maximum absolute atomic E-state index is 13.8. The summed E-state index contributed by atoms with van der Waals surface area (Å²) in [4.78, 5) is 11.4. The molecule has 0 aromatic rings. The van der Waals surface area contributed by atoms with Crippen LogP contribution in [0.25, 0.3) is 0 Å². The van der Waals surface area contributed by atoms with Crippen molar-refractivity contribution in [2.24, 2.45) is 0 Å². The minimum Gasteiger partial charge on any atom is -0.309 e. The van der Waals surface area contributed by atoms with Gasteiger partial charge in [0.25, 0.3) is 0 Å². The zero-order valence-corrected chi connectivity index (χ0v) is 16.8. The van der Waals surface area contributed by atoms with Crippen molar-refractivity contribution in [1.82, 2.24) is 0 Å². The van der Waals surface area contributed by atoms with Crippen LogP contribution in [-0.4, -0.2) is 66.9 Å². The Bertz CT molecular complexity index is 751. The molecule has 0 saturated carbocycles. The van der Waals surface area contributed by atoms with E-state index in [0.717, 1.165) is 13.8 Å². The summed E-state index contributed by atoms with van der Waals surface area (Å²) >= 11 is 0. The molecular weight excluding hydrogens is 536 g/mol. The van der Waals surface area contributed by atoms with E-state index >= 15 is 0 Å². The Kier molecular flexibility index (Phi) is 8.75. The van der Waals surface area contributed by atoms with E-state index in [4.69, 9.17) is 0 Å². The molecule has 198 valence electrons. The average molecular weight is 548 g/mol. The standard InChI is InChI=1S/C13H12F15O4P/c1-3-31-33(30,32-4-2)5-6(29)7(14,15)8(16,17)9(18,19)10(20,21)11(22,23)12(24,25)13(26,27)28/h3-5H2,1-2H3. The van der Waals surface area contributed by atoms with Gasteiger partial charge < -0.3 is 9.05 Å². The Labute approximate surface area is 173 Å². The molecule has 0 bridgehead atoms. The fourth-order valence-electron chi connectivity index (χ4n) is 1.94. The number of alkyl halides is 15. The highest BCUT2D eigenvalue weighted by Crippen LogP contribution is 2.63. The van der Waals surface area contributed by atoms with Gasteiger partial charge in [0, 0.05) is 0 Å². The molecule has 20 heteroatoms. The molecule has 0 aromatic heterocycles. The molecular formula is C13H12F15O4P. The van der Waals surface area contributed by atoms with Gasteiger partial charge in [-0.05, 0) is 13.8 Å². The lowest BCUT2D eigenvalue weighted by Gasteiger charge is -2.41. The fourth-order valence-corrected chi connectivity index (χ4v) is 3.53. The maximum Gasteiger partial charge on any atom is 0.460 e. The van der Waals surface area contributed by atoms with Crippen molar-refractivity contribution in [2.75, 3.05) is 19.4 Å². The third-order valence-corrected chi connectivity index (χ3v) is 5.64. The Morgan fingerprint density at radius 2 is 0.909 bits per heavy atom. The third-order valence-electron chi connectivity index (χ3n) is 3.67. The molecule has 4 nitrogen and oxygen atoms in total. The second-order valence-corrected chi connectivity index (χ2v) is 8.03. The summed E-state index contributed by atoms with van der Waals surface area (Å²) in [7, 11) is -5.13. The van der Waals surface area contributed by atoms with E-state index in [9.17, 15) is 75.2 Å². The molecule has 0 fully saturated rings. The van der Waals surface area contributed by atoms with Crippen molar-refractivity contribution >= 4 is 13.4 Å². The van der Waals surface area contributed by atoms with Crippen LogP contribution in [0.1, 0.15) is 13.8 Å². The molecule has 0 aromatic carbocycles. The highest BCUT2D eigenvalue weighted by molar-refractivity contribution is 7.54. The molecule has 0 spiro atoms. The van der Waals surface area contributed by atoms with Crippen molar-refractivity contribution in [2.45, 2.75) is 55.6 Å².